The Morgan fingerprint density at radius 3 is 2.71 bits per heavy atom. The average Bonchev–Trinajstić information content (AvgIpc) is 3.61. The first kappa shape index (κ1) is 21.6. The molecule has 3 aromatic rings. The minimum Gasteiger partial charge on any atom is -0.493 e. The first-order valence-corrected chi connectivity index (χ1v) is 11.7. The van der Waals surface area contributed by atoms with Gasteiger partial charge in [-0.05, 0) is 79.5 Å². The fraction of sp³-hybridized carbons (Fsp3) is 0.360. The maximum absolute atomic E-state index is 13.0. The Labute approximate surface area is 186 Å². The zero-order valence-electron chi connectivity index (χ0n) is 17.9. The van der Waals surface area contributed by atoms with Gasteiger partial charge >= 0.3 is 0 Å². The normalized spacial score (nSPS) is 14.4. The fourth-order valence-corrected chi connectivity index (χ4v) is 4.47. The number of benzene rings is 2. The lowest BCUT2D eigenvalue weighted by Gasteiger charge is -2.15. The highest BCUT2D eigenvalue weighted by Crippen LogP contribution is 2.37. The lowest BCUT2D eigenvalue weighted by Crippen LogP contribution is -2.20. The lowest BCUT2D eigenvalue weighted by molar-refractivity contribution is 0.243. The van der Waals surface area contributed by atoms with Crippen LogP contribution in [-0.4, -0.2) is 21.9 Å². The van der Waals surface area contributed by atoms with Crippen LogP contribution in [0.25, 0.3) is 5.69 Å². The van der Waals surface area contributed by atoms with Gasteiger partial charge in [-0.2, -0.15) is 0 Å². The fourth-order valence-electron chi connectivity index (χ4n) is 3.58. The smallest absolute Gasteiger partial charge is 0.287 e. The number of thioether (sulfide) groups is 1. The van der Waals surface area contributed by atoms with Gasteiger partial charge in [-0.1, -0.05) is 19.1 Å². The third-order valence-corrected chi connectivity index (χ3v) is 6.68. The molecule has 0 bridgehead atoms. The van der Waals surface area contributed by atoms with Crippen LogP contribution in [0, 0.1) is 24.6 Å². The Kier molecular flexibility index (Phi) is 6.76. The molecule has 4 nitrogen and oxygen atoms in total. The second-order valence-corrected chi connectivity index (χ2v) is 9.29. The number of rotatable bonds is 9. The summed E-state index contributed by atoms with van der Waals surface area (Å²) in [7, 11) is 0. The molecular formula is C25H27FN2O2S. The van der Waals surface area contributed by atoms with Crippen LogP contribution in [0.2, 0.25) is 0 Å². The van der Waals surface area contributed by atoms with Crippen molar-refractivity contribution < 1.29 is 9.13 Å². The summed E-state index contributed by atoms with van der Waals surface area (Å²) < 4.78 is 20.7. The molecule has 1 aliphatic rings. The number of aryl methyl sites for hydroxylation is 2. The first-order valence-electron chi connectivity index (χ1n) is 10.7. The van der Waals surface area contributed by atoms with Crippen molar-refractivity contribution in [1.29, 1.82) is 0 Å². The summed E-state index contributed by atoms with van der Waals surface area (Å²) in [5.74, 6) is 2.72. The number of ether oxygens (including phenoxy) is 1. The average molecular weight is 439 g/mol. The second kappa shape index (κ2) is 9.69. The maximum Gasteiger partial charge on any atom is 0.287 e. The van der Waals surface area contributed by atoms with Gasteiger partial charge in [0.1, 0.15) is 11.6 Å². The van der Waals surface area contributed by atoms with Crippen LogP contribution in [0.5, 0.6) is 5.75 Å². The first-order chi connectivity index (χ1) is 15.0. The van der Waals surface area contributed by atoms with Gasteiger partial charge in [0, 0.05) is 23.8 Å². The van der Waals surface area contributed by atoms with Crippen molar-refractivity contribution in [2.75, 3.05) is 12.4 Å². The van der Waals surface area contributed by atoms with E-state index in [2.05, 4.69) is 11.9 Å². The third kappa shape index (κ3) is 5.56. The van der Waals surface area contributed by atoms with E-state index in [0.717, 1.165) is 41.5 Å². The molecule has 0 saturated heterocycles. The van der Waals surface area contributed by atoms with Crippen LogP contribution >= 0.6 is 11.8 Å². The van der Waals surface area contributed by atoms with Gasteiger partial charge in [-0.25, -0.2) is 9.37 Å². The molecule has 0 spiro atoms. The summed E-state index contributed by atoms with van der Waals surface area (Å²) in [6, 6.07) is 12.3. The molecule has 31 heavy (non-hydrogen) atoms. The summed E-state index contributed by atoms with van der Waals surface area (Å²) in [4.78, 5) is 17.2. The van der Waals surface area contributed by atoms with E-state index in [0.29, 0.717) is 16.7 Å². The van der Waals surface area contributed by atoms with Gasteiger partial charge in [0.15, 0.2) is 5.03 Å². The number of hydrogen-bond acceptors (Lipinski definition) is 4. The van der Waals surface area contributed by atoms with E-state index in [1.165, 1.54) is 36.7 Å². The molecule has 1 atom stereocenters. The zero-order valence-corrected chi connectivity index (χ0v) is 18.7. The van der Waals surface area contributed by atoms with E-state index in [1.807, 2.05) is 25.1 Å². The van der Waals surface area contributed by atoms with Crippen molar-refractivity contribution >= 4 is 11.8 Å². The summed E-state index contributed by atoms with van der Waals surface area (Å²) in [5.41, 5.74) is 2.71. The molecule has 0 amide bonds. The molecule has 162 valence electrons. The minimum absolute atomic E-state index is 0.137. The maximum atomic E-state index is 13.0. The summed E-state index contributed by atoms with van der Waals surface area (Å²) in [5, 5.41) is 0.459. The van der Waals surface area contributed by atoms with Gasteiger partial charge in [0.2, 0.25) is 0 Å². The molecule has 1 fully saturated rings. The Morgan fingerprint density at radius 1 is 1.23 bits per heavy atom. The molecule has 1 aliphatic carbocycles. The highest BCUT2D eigenvalue weighted by Gasteiger charge is 2.28. The third-order valence-electron chi connectivity index (χ3n) is 5.72. The van der Waals surface area contributed by atoms with Crippen LogP contribution in [-0.2, 0) is 6.42 Å². The van der Waals surface area contributed by atoms with Gasteiger partial charge in [0.25, 0.3) is 5.56 Å². The number of halogens is 1. The molecule has 1 saturated carbocycles. The van der Waals surface area contributed by atoms with Gasteiger partial charge in [0.05, 0.1) is 6.61 Å². The largest absolute Gasteiger partial charge is 0.493 e. The number of aromatic nitrogens is 2. The van der Waals surface area contributed by atoms with Crippen molar-refractivity contribution in [1.82, 2.24) is 9.55 Å². The molecule has 0 radical (unpaired) electrons. The van der Waals surface area contributed by atoms with E-state index >= 15 is 0 Å². The molecule has 1 aromatic heterocycles. The predicted molar refractivity (Wildman–Crippen MR) is 123 cm³/mol. The van der Waals surface area contributed by atoms with Crippen molar-refractivity contribution in [3.8, 4) is 11.4 Å². The Morgan fingerprint density at radius 2 is 2.00 bits per heavy atom. The van der Waals surface area contributed by atoms with Crippen LogP contribution in [0.15, 0.2) is 64.7 Å². The van der Waals surface area contributed by atoms with Crippen molar-refractivity contribution in [2.24, 2.45) is 11.8 Å². The molecule has 6 heteroatoms. The highest BCUT2D eigenvalue weighted by molar-refractivity contribution is 7.99. The molecule has 1 unspecified atom stereocenters. The number of hydrogen-bond donors (Lipinski definition) is 0. The molecule has 2 aromatic carbocycles. The quantitative estimate of drug-likeness (QED) is 0.417. The summed E-state index contributed by atoms with van der Waals surface area (Å²) in [6.07, 6.45) is 6.72. The Hall–Kier alpha value is -2.60. The van der Waals surface area contributed by atoms with Crippen LogP contribution < -0.4 is 10.3 Å². The topological polar surface area (TPSA) is 44.1 Å². The molecule has 0 aliphatic heterocycles. The standard InChI is InChI=1S/C25H27FN2O2S/c1-17-15-22(9-10-23(17)30-16-18(2)20-5-6-20)28-13-12-27-24(25(28)29)31-14-11-19-3-7-21(26)8-4-19/h3-4,7-10,12-13,15,18,20H,5-6,11,14,16H2,1-2H3. The van der Waals surface area contributed by atoms with E-state index < -0.39 is 0 Å². The minimum atomic E-state index is -0.242. The monoisotopic (exact) mass is 438 g/mol. The van der Waals surface area contributed by atoms with Crippen molar-refractivity contribution in [3.63, 3.8) is 0 Å². The van der Waals surface area contributed by atoms with Crippen molar-refractivity contribution in [3.05, 3.63) is 82.2 Å². The number of nitrogens with zero attached hydrogens (tertiary/aromatic N) is 2. The van der Waals surface area contributed by atoms with Gasteiger partial charge in [-0.3, -0.25) is 9.36 Å². The molecular weight excluding hydrogens is 411 g/mol. The van der Waals surface area contributed by atoms with Crippen molar-refractivity contribution in [2.45, 2.75) is 38.1 Å². The molecule has 1 heterocycles. The second-order valence-electron chi connectivity index (χ2n) is 8.21. The van der Waals surface area contributed by atoms with Crippen LogP contribution in [0.1, 0.15) is 30.9 Å². The Bertz CT molecular complexity index is 1090. The molecule has 0 N–H and O–H groups in total. The van der Waals surface area contributed by atoms with Gasteiger partial charge < -0.3 is 4.74 Å². The van der Waals surface area contributed by atoms with Crippen LogP contribution in [0.4, 0.5) is 4.39 Å². The van der Waals surface area contributed by atoms with E-state index in [4.69, 9.17) is 4.74 Å². The SMILES string of the molecule is Cc1cc(-n2ccnc(SCCc3ccc(F)cc3)c2=O)ccc1OCC(C)C1CC1. The highest BCUT2D eigenvalue weighted by atomic mass is 32.2. The summed E-state index contributed by atoms with van der Waals surface area (Å²) >= 11 is 1.42. The van der Waals surface area contributed by atoms with E-state index in [9.17, 15) is 9.18 Å². The summed E-state index contributed by atoms with van der Waals surface area (Å²) in [6.45, 7) is 4.98. The Balaban J connectivity index is 1.42. The van der Waals surface area contributed by atoms with E-state index in [1.54, 1.807) is 29.1 Å². The zero-order chi connectivity index (χ0) is 21.8. The molecule has 4 rings (SSSR count). The lowest BCUT2D eigenvalue weighted by atomic mass is 10.1. The van der Waals surface area contributed by atoms with E-state index in [-0.39, 0.29) is 11.4 Å². The van der Waals surface area contributed by atoms with Crippen LogP contribution in [0.3, 0.4) is 0 Å². The predicted octanol–water partition coefficient (Wildman–Crippen LogP) is 5.44. The van der Waals surface area contributed by atoms with Gasteiger partial charge in [-0.15, -0.1) is 11.8 Å².